The van der Waals surface area contributed by atoms with Crippen LogP contribution >= 0.6 is 15.9 Å². The second kappa shape index (κ2) is 5.03. The van der Waals surface area contributed by atoms with Crippen molar-refractivity contribution in [2.75, 3.05) is 0 Å². The molecule has 0 spiro atoms. The first-order valence-electron chi connectivity index (χ1n) is 5.97. The minimum Gasteiger partial charge on any atom is -0.252 e. The molecule has 0 saturated heterocycles. The van der Waals surface area contributed by atoms with Gasteiger partial charge in [0.15, 0.2) is 0 Å². The Morgan fingerprint density at radius 2 is 1.75 bits per heavy atom. The molecule has 3 rings (SSSR count). The quantitative estimate of drug-likeness (QED) is 0.834. The number of benzene rings is 2. The third-order valence-electron chi connectivity index (χ3n) is 3.03. The van der Waals surface area contributed by atoms with Gasteiger partial charge in [-0.25, -0.2) is 13.4 Å². The molecule has 0 atom stereocenters. The lowest BCUT2D eigenvalue weighted by Gasteiger charge is -2.24. The number of aliphatic imine (C=N–C) groups is 1. The Morgan fingerprint density at radius 3 is 2.50 bits per heavy atom. The van der Waals surface area contributed by atoms with Crippen LogP contribution in [0.1, 0.15) is 5.56 Å². The van der Waals surface area contributed by atoms with Gasteiger partial charge in [-0.3, -0.25) is 4.31 Å². The van der Waals surface area contributed by atoms with E-state index in [0.717, 1.165) is 10.0 Å². The summed E-state index contributed by atoms with van der Waals surface area (Å²) < 4.78 is 27.2. The van der Waals surface area contributed by atoms with Crippen molar-refractivity contribution in [2.24, 2.45) is 4.99 Å². The third-order valence-corrected chi connectivity index (χ3v) is 5.30. The van der Waals surface area contributed by atoms with Crippen LogP contribution < -0.4 is 0 Å². The number of sulfonamides is 1. The van der Waals surface area contributed by atoms with Gasteiger partial charge in [-0.05, 0) is 29.8 Å². The summed E-state index contributed by atoms with van der Waals surface area (Å²) in [5, 5.41) is 0. The minimum atomic E-state index is -3.52. The summed E-state index contributed by atoms with van der Waals surface area (Å²) in [7, 11) is -3.52. The zero-order valence-electron chi connectivity index (χ0n) is 10.4. The van der Waals surface area contributed by atoms with E-state index in [1.54, 1.807) is 24.3 Å². The lowest BCUT2D eigenvalue weighted by atomic mass is 10.2. The van der Waals surface area contributed by atoms with Crippen molar-refractivity contribution in [3.63, 3.8) is 0 Å². The number of hydrogen-bond donors (Lipinski definition) is 0. The highest BCUT2D eigenvalue weighted by atomic mass is 79.9. The summed E-state index contributed by atoms with van der Waals surface area (Å²) in [6.07, 6.45) is 1.37. The van der Waals surface area contributed by atoms with Crippen molar-refractivity contribution in [3.8, 4) is 0 Å². The molecule has 0 amide bonds. The molecule has 0 bridgehead atoms. The van der Waals surface area contributed by atoms with Crippen LogP contribution in [0.4, 0.5) is 5.69 Å². The zero-order valence-corrected chi connectivity index (χ0v) is 12.8. The maximum Gasteiger partial charge on any atom is 0.267 e. The summed E-state index contributed by atoms with van der Waals surface area (Å²) in [4.78, 5) is 4.45. The molecule has 0 fully saturated rings. The second-order valence-electron chi connectivity index (χ2n) is 4.39. The van der Waals surface area contributed by atoms with E-state index in [4.69, 9.17) is 0 Å². The van der Waals surface area contributed by atoms with E-state index in [1.165, 1.54) is 10.6 Å². The van der Waals surface area contributed by atoms with E-state index in [0.29, 0.717) is 5.69 Å². The van der Waals surface area contributed by atoms with Gasteiger partial charge in [0.05, 0.1) is 12.2 Å². The van der Waals surface area contributed by atoms with Gasteiger partial charge in [0.25, 0.3) is 10.0 Å². The van der Waals surface area contributed by atoms with Crippen molar-refractivity contribution >= 4 is 38.0 Å². The SMILES string of the molecule is O=S1(=O)c2ccccc2N=CN1Cc1ccc(Br)cc1. The van der Waals surface area contributed by atoms with Crippen LogP contribution in [0, 0.1) is 0 Å². The molecule has 1 heterocycles. The highest BCUT2D eigenvalue weighted by Crippen LogP contribution is 2.30. The first kappa shape index (κ1) is 13.3. The molecule has 0 unspecified atom stereocenters. The second-order valence-corrected chi connectivity index (χ2v) is 7.16. The molecule has 2 aromatic rings. The van der Waals surface area contributed by atoms with Crippen molar-refractivity contribution in [1.82, 2.24) is 4.31 Å². The van der Waals surface area contributed by atoms with Crippen LogP contribution in [0.15, 0.2) is 62.9 Å². The fourth-order valence-corrected chi connectivity index (χ4v) is 3.64. The highest BCUT2D eigenvalue weighted by Gasteiger charge is 2.28. The molecule has 4 nitrogen and oxygen atoms in total. The Balaban J connectivity index is 1.95. The first-order chi connectivity index (χ1) is 9.57. The molecular formula is C14H11BrN2O2S. The Kier molecular flexibility index (Phi) is 3.35. The van der Waals surface area contributed by atoms with E-state index >= 15 is 0 Å². The van der Waals surface area contributed by atoms with Crippen molar-refractivity contribution in [3.05, 3.63) is 58.6 Å². The Labute approximate surface area is 125 Å². The Bertz CT molecular complexity index is 770. The van der Waals surface area contributed by atoms with Crippen molar-refractivity contribution in [1.29, 1.82) is 0 Å². The summed E-state index contributed by atoms with van der Waals surface area (Å²) in [5.41, 5.74) is 1.39. The number of rotatable bonds is 2. The maximum atomic E-state index is 12.5. The number of fused-ring (bicyclic) bond motifs is 1. The third kappa shape index (κ3) is 2.36. The molecule has 0 N–H and O–H groups in total. The monoisotopic (exact) mass is 350 g/mol. The van der Waals surface area contributed by atoms with Gasteiger partial charge in [0.2, 0.25) is 0 Å². The minimum absolute atomic E-state index is 0.250. The topological polar surface area (TPSA) is 49.7 Å². The molecule has 0 aliphatic carbocycles. The van der Waals surface area contributed by atoms with Gasteiger partial charge in [-0.1, -0.05) is 40.2 Å². The van der Waals surface area contributed by atoms with Gasteiger partial charge >= 0.3 is 0 Å². The predicted molar refractivity (Wildman–Crippen MR) is 81.5 cm³/mol. The van der Waals surface area contributed by atoms with E-state index < -0.39 is 10.0 Å². The number of nitrogens with zero attached hydrogens (tertiary/aromatic N) is 2. The fourth-order valence-electron chi connectivity index (χ4n) is 1.99. The zero-order chi connectivity index (χ0) is 14.2. The number of para-hydroxylation sites is 1. The van der Waals surface area contributed by atoms with E-state index in [-0.39, 0.29) is 11.4 Å². The highest BCUT2D eigenvalue weighted by molar-refractivity contribution is 9.10. The predicted octanol–water partition coefficient (Wildman–Crippen LogP) is 3.31. The van der Waals surface area contributed by atoms with Crippen LogP contribution in [-0.4, -0.2) is 19.1 Å². The average Bonchev–Trinajstić information content (AvgIpc) is 2.44. The lowest BCUT2D eigenvalue weighted by molar-refractivity contribution is 0.521. The van der Waals surface area contributed by atoms with Crippen LogP contribution in [0.25, 0.3) is 0 Å². The standard InChI is InChI=1S/C14H11BrN2O2S/c15-12-7-5-11(6-8-12)9-17-10-16-13-3-1-2-4-14(13)20(17,18)19/h1-8,10H,9H2. The van der Waals surface area contributed by atoms with Crippen molar-refractivity contribution < 1.29 is 8.42 Å². The molecule has 6 heteroatoms. The molecule has 0 radical (unpaired) electrons. The van der Waals surface area contributed by atoms with Crippen LogP contribution in [0.2, 0.25) is 0 Å². The molecule has 102 valence electrons. The van der Waals surface area contributed by atoms with Gasteiger partial charge in [-0.15, -0.1) is 0 Å². The fraction of sp³-hybridized carbons (Fsp3) is 0.0714. The summed E-state index contributed by atoms with van der Waals surface area (Å²) in [6.45, 7) is 0.271. The number of hydrogen-bond acceptors (Lipinski definition) is 3. The first-order valence-corrected chi connectivity index (χ1v) is 8.20. The summed E-state index contributed by atoms with van der Waals surface area (Å²) in [6, 6.07) is 14.3. The van der Waals surface area contributed by atoms with Gasteiger partial charge < -0.3 is 0 Å². The smallest absolute Gasteiger partial charge is 0.252 e. The van der Waals surface area contributed by atoms with E-state index in [2.05, 4.69) is 20.9 Å². The summed E-state index contributed by atoms with van der Waals surface area (Å²) >= 11 is 3.36. The van der Waals surface area contributed by atoms with Gasteiger partial charge in [0, 0.05) is 4.47 Å². The maximum absolute atomic E-state index is 12.5. The lowest BCUT2D eigenvalue weighted by Crippen LogP contribution is -2.31. The molecule has 1 aliphatic rings. The van der Waals surface area contributed by atoms with Crippen molar-refractivity contribution in [2.45, 2.75) is 11.4 Å². The van der Waals surface area contributed by atoms with Gasteiger partial charge in [0.1, 0.15) is 11.2 Å². The molecule has 0 aromatic heterocycles. The molecule has 1 aliphatic heterocycles. The van der Waals surface area contributed by atoms with E-state index in [9.17, 15) is 8.42 Å². The molecule has 2 aromatic carbocycles. The normalized spacial score (nSPS) is 15.9. The Hall–Kier alpha value is -1.66. The summed E-state index contributed by atoms with van der Waals surface area (Å²) in [5.74, 6) is 0. The van der Waals surface area contributed by atoms with Crippen LogP contribution in [-0.2, 0) is 16.6 Å². The molecule has 20 heavy (non-hydrogen) atoms. The molecule has 0 saturated carbocycles. The van der Waals surface area contributed by atoms with Crippen LogP contribution in [0.5, 0.6) is 0 Å². The van der Waals surface area contributed by atoms with Gasteiger partial charge in [-0.2, -0.15) is 0 Å². The van der Waals surface area contributed by atoms with E-state index in [1.807, 2.05) is 24.3 Å². The average molecular weight is 351 g/mol. The molecular weight excluding hydrogens is 340 g/mol. The Morgan fingerprint density at radius 1 is 1.05 bits per heavy atom. The number of halogens is 1. The largest absolute Gasteiger partial charge is 0.267 e. The van der Waals surface area contributed by atoms with Crippen LogP contribution in [0.3, 0.4) is 0 Å².